The minimum absolute atomic E-state index is 0.533. The monoisotopic (exact) mass is 496 g/mol. The molecule has 196 valence electrons. The number of esters is 3. The largest absolute Gasteiger partial charge is 0.455 e. The number of methoxy groups -OCH3 is 3. The van der Waals surface area contributed by atoms with Crippen LogP contribution < -0.4 is 0 Å². The minimum atomic E-state index is -1.71. The molecule has 2 aliphatic rings. The summed E-state index contributed by atoms with van der Waals surface area (Å²) < 4.78 is 48.9. The third-order valence-electron chi connectivity index (χ3n) is 5.20. The molecule has 0 unspecified atom stereocenters. The van der Waals surface area contributed by atoms with Crippen molar-refractivity contribution in [2.45, 2.75) is 82.4 Å². The Morgan fingerprint density at radius 3 is 1.71 bits per heavy atom. The summed E-state index contributed by atoms with van der Waals surface area (Å²) in [4.78, 5) is 35.0. The fourth-order valence-corrected chi connectivity index (χ4v) is 3.86. The van der Waals surface area contributed by atoms with Crippen LogP contribution in [-0.2, 0) is 57.0 Å². The van der Waals surface area contributed by atoms with Crippen molar-refractivity contribution >= 4 is 17.9 Å². The summed E-state index contributed by atoms with van der Waals surface area (Å²) in [6, 6.07) is 0. The van der Waals surface area contributed by atoms with Gasteiger partial charge in [0.05, 0.1) is 6.61 Å². The molecule has 2 fully saturated rings. The Labute approximate surface area is 196 Å². The highest BCUT2D eigenvalue weighted by Gasteiger charge is 2.55. The predicted octanol–water partition coefficient (Wildman–Crippen LogP) is -1.76. The highest BCUT2D eigenvalue weighted by molar-refractivity contribution is 5.68. The van der Waals surface area contributed by atoms with Gasteiger partial charge in [-0.15, -0.1) is 0 Å². The first-order chi connectivity index (χ1) is 16.1. The van der Waals surface area contributed by atoms with E-state index in [0.29, 0.717) is 0 Å². The van der Waals surface area contributed by atoms with E-state index in [0.717, 1.165) is 20.8 Å². The number of hydrogen-bond acceptors (Lipinski definition) is 14. The van der Waals surface area contributed by atoms with Crippen molar-refractivity contribution in [3.05, 3.63) is 0 Å². The summed E-state index contributed by atoms with van der Waals surface area (Å²) in [5.74, 6) is -2.41. The first kappa shape index (κ1) is 28.3. The normalized spacial score (nSPS) is 38.1. The van der Waals surface area contributed by atoms with Crippen molar-refractivity contribution in [2.24, 2.45) is 0 Å². The maximum Gasteiger partial charge on any atom is 0.305 e. The maximum absolute atomic E-state index is 11.8. The van der Waals surface area contributed by atoms with Crippen LogP contribution in [0.3, 0.4) is 0 Å². The zero-order chi connectivity index (χ0) is 25.6. The summed E-state index contributed by atoms with van der Waals surface area (Å²) in [7, 11) is 4.15. The van der Waals surface area contributed by atoms with Gasteiger partial charge in [-0.05, 0) is 0 Å². The number of hydrogen-bond donors (Lipinski definition) is 2. The van der Waals surface area contributed by atoms with E-state index in [9.17, 15) is 24.6 Å². The maximum atomic E-state index is 11.8. The molecule has 0 spiro atoms. The molecule has 0 amide bonds. The molecule has 14 heteroatoms. The van der Waals surface area contributed by atoms with E-state index in [2.05, 4.69) is 0 Å². The molecule has 2 aliphatic heterocycles. The number of rotatable bonds is 9. The van der Waals surface area contributed by atoms with Gasteiger partial charge in [-0.25, -0.2) is 0 Å². The molecular formula is C20H32O14. The molecule has 0 aromatic heterocycles. The van der Waals surface area contributed by atoms with Gasteiger partial charge >= 0.3 is 17.9 Å². The van der Waals surface area contributed by atoms with Gasteiger partial charge in [-0.3, -0.25) is 14.4 Å². The van der Waals surface area contributed by atoms with E-state index in [-0.39, 0.29) is 0 Å². The molecule has 2 rings (SSSR count). The van der Waals surface area contributed by atoms with E-state index < -0.39 is 86.1 Å². The molecule has 0 saturated carbocycles. The lowest BCUT2D eigenvalue weighted by Gasteiger charge is -2.48. The van der Waals surface area contributed by atoms with Gasteiger partial charge in [0.25, 0.3) is 0 Å². The van der Waals surface area contributed by atoms with Crippen molar-refractivity contribution in [3.8, 4) is 0 Å². The molecular weight excluding hydrogens is 464 g/mol. The van der Waals surface area contributed by atoms with Crippen LogP contribution in [0.1, 0.15) is 20.8 Å². The van der Waals surface area contributed by atoms with Crippen LogP contribution in [0.15, 0.2) is 0 Å². The third-order valence-corrected chi connectivity index (χ3v) is 5.20. The molecule has 10 atom stereocenters. The Morgan fingerprint density at radius 1 is 0.676 bits per heavy atom. The van der Waals surface area contributed by atoms with E-state index in [1.807, 2.05) is 0 Å². The van der Waals surface area contributed by atoms with Crippen molar-refractivity contribution in [3.63, 3.8) is 0 Å². The van der Waals surface area contributed by atoms with E-state index >= 15 is 0 Å². The Balaban J connectivity index is 2.43. The quantitative estimate of drug-likeness (QED) is 0.271. The molecule has 2 N–H and O–H groups in total. The second-order valence-corrected chi connectivity index (χ2v) is 7.58. The molecule has 0 aliphatic carbocycles. The van der Waals surface area contributed by atoms with Crippen molar-refractivity contribution in [1.82, 2.24) is 0 Å². The Hall–Kier alpha value is -1.91. The van der Waals surface area contributed by atoms with Crippen molar-refractivity contribution in [1.29, 1.82) is 0 Å². The highest BCUT2D eigenvalue weighted by atomic mass is 16.8. The summed E-state index contributed by atoms with van der Waals surface area (Å²) in [6.07, 6.45) is -12.6. The topological polar surface area (TPSA) is 175 Å². The standard InChI is InChI=1S/C20H32O14/c1-8(22)29-14-12(25)18(31-10(3)24)34-20(17(14)30-9(2)23)33-13-11(7-21)32-19(28-6)16(27-5)15(13)26-4/h11-21,25H,7H2,1-6H3/t11-,12+,13-,14+,15+,16-,17+,18-,19+,20+/m1/s1. The molecule has 0 aromatic carbocycles. The summed E-state index contributed by atoms with van der Waals surface area (Å²) in [6.45, 7) is 2.72. The summed E-state index contributed by atoms with van der Waals surface area (Å²) in [5, 5.41) is 20.5. The smallest absolute Gasteiger partial charge is 0.305 e. The number of ether oxygens (including phenoxy) is 9. The minimum Gasteiger partial charge on any atom is -0.455 e. The van der Waals surface area contributed by atoms with Crippen molar-refractivity contribution in [2.75, 3.05) is 27.9 Å². The van der Waals surface area contributed by atoms with Gasteiger partial charge in [0.15, 0.2) is 24.6 Å². The fraction of sp³-hybridized carbons (Fsp3) is 0.850. The molecule has 14 nitrogen and oxygen atoms in total. The van der Waals surface area contributed by atoms with Gasteiger partial charge in [0.2, 0.25) is 12.6 Å². The van der Waals surface area contributed by atoms with E-state index in [4.69, 9.17) is 42.6 Å². The van der Waals surface area contributed by atoms with Crippen LogP contribution >= 0.6 is 0 Å². The van der Waals surface area contributed by atoms with Crippen LogP contribution in [0.2, 0.25) is 0 Å². The summed E-state index contributed by atoms with van der Waals surface area (Å²) >= 11 is 0. The molecule has 0 radical (unpaired) electrons. The zero-order valence-electron chi connectivity index (χ0n) is 19.8. The van der Waals surface area contributed by atoms with E-state index in [1.165, 1.54) is 21.3 Å². The zero-order valence-corrected chi connectivity index (χ0v) is 19.8. The fourth-order valence-electron chi connectivity index (χ4n) is 3.86. The van der Waals surface area contributed by atoms with Crippen LogP contribution in [0.25, 0.3) is 0 Å². The Bertz CT molecular complexity index is 701. The lowest BCUT2D eigenvalue weighted by molar-refractivity contribution is -0.379. The average Bonchev–Trinajstić information content (AvgIpc) is 2.77. The first-order valence-corrected chi connectivity index (χ1v) is 10.4. The molecule has 34 heavy (non-hydrogen) atoms. The third kappa shape index (κ3) is 6.60. The molecule has 0 aromatic rings. The van der Waals surface area contributed by atoms with Gasteiger partial charge in [-0.1, -0.05) is 0 Å². The Morgan fingerprint density at radius 2 is 1.24 bits per heavy atom. The highest BCUT2D eigenvalue weighted by Crippen LogP contribution is 2.33. The van der Waals surface area contributed by atoms with Gasteiger partial charge < -0.3 is 52.8 Å². The van der Waals surface area contributed by atoms with E-state index in [1.54, 1.807) is 0 Å². The number of aliphatic hydroxyl groups is 2. The number of carbonyl (C=O) groups excluding carboxylic acids is 3. The average molecular weight is 496 g/mol. The molecule has 2 saturated heterocycles. The lowest BCUT2D eigenvalue weighted by Crippen LogP contribution is -2.66. The van der Waals surface area contributed by atoms with Crippen LogP contribution in [-0.4, -0.2) is 118 Å². The van der Waals surface area contributed by atoms with Crippen LogP contribution in [0, 0.1) is 0 Å². The predicted molar refractivity (Wildman–Crippen MR) is 107 cm³/mol. The van der Waals surface area contributed by atoms with Gasteiger partial charge in [0, 0.05) is 42.1 Å². The lowest BCUT2D eigenvalue weighted by atomic mass is 9.97. The second-order valence-electron chi connectivity index (χ2n) is 7.58. The molecule has 0 bridgehead atoms. The van der Waals surface area contributed by atoms with Crippen LogP contribution in [0.4, 0.5) is 0 Å². The van der Waals surface area contributed by atoms with Gasteiger partial charge in [-0.2, -0.15) is 0 Å². The number of carbonyl (C=O) groups is 3. The van der Waals surface area contributed by atoms with Crippen LogP contribution in [0.5, 0.6) is 0 Å². The number of aliphatic hydroxyl groups excluding tert-OH is 2. The van der Waals surface area contributed by atoms with Gasteiger partial charge in [0.1, 0.15) is 24.4 Å². The summed E-state index contributed by atoms with van der Waals surface area (Å²) in [5.41, 5.74) is 0. The SMILES string of the molecule is CO[C@H]1O[C@H](CO)[C@@H](O[C@H]2O[C@@H](OC(C)=O)[C@@H](O)[C@H](OC(C)=O)[C@@H]2OC(C)=O)[C@H](OC)[C@H]1OC. The first-order valence-electron chi connectivity index (χ1n) is 10.4. The Kier molecular flexibility index (Phi) is 10.6. The molecule has 2 heterocycles. The van der Waals surface area contributed by atoms with Crippen molar-refractivity contribution < 1.29 is 67.2 Å². The second kappa shape index (κ2) is 12.7.